The third kappa shape index (κ3) is 13.7. The van der Waals surface area contributed by atoms with E-state index in [4.69, 9.17) is 23.7 Å². The molecule has 2 aromatic rings. The first-order valence-corrected chi connectivity index (χ1v) is 21.4. The zero-order valence-corrected chi connectivity index (χ0v) is 39.0. The number of carboxylic acid groups (broad SMARTS) is 1. The predicted molar refractivity (Wildman–Crippen MR) is 215 cm³/mol. The summed E-state index contributed by atoms with van der Waals surface area (Å²) < 4.78 is 69.6. The topological polar surface area (TPSA) is 291 Å². The first kappa shape index (κ1) is 52.4. The number of benzene rings is 2. The molecule has 3 saturated heterocycles. The van der Waals surface area contributed by atoms with Crippen LogP contribution in [0.2, 0.25) is 0 Å². The van der Waals surface area contributed by atoms with Gasteiger partial charge in [-0.1, -0.05) is 36.8 Å². The van der Waals surface area contributed by atoms with Crippen LogP contribution in [0.25, 0.3) is 6.08 Å². The van der Waals surface area contributed by atoms with Crippen LogP contribution in [0.5, 0.6) is 11.5 Å². The van der Waals surface area contributed by atoms with Gasteiger partial charge in [-0.3, -0.25) is 9.59 Å². The SMILES string of the molecule is O=C(CCCC[C@@H]1SC[C@@H]2NC(=O)N[C@@H]21)NCCOCCOCCOc1cc(C2(C(F)(F)F)N=N2)ccc1C(=O)N[C@H]1[C@H](O/C(=C\c2ccc([O-])cc2)C(=O)O)O[C@H](CO)[C@H](O)[C@@H]1O.[K+]. The molecule has 0 saturated carbocycles. The van der Waals surface area contributed by atoms with Crippen LogP contribution in [0.15, 0.2) is 58.5 Å². The fourth-order valence-corrected chi connectivity index (χ4v) is 8.74. The number of aliphatic hydroxyl groups is 3. The minimum atomic E-state index is -4.92. The van der Waals surface area contributed by atoms with Crippen LogP contribution in [-0.2, 0) is 34.2 Å². The van der Waals surface area contributed by atoms with Gasteiger partial charge < -0.3 is 70.5 Å². The molecule has 4 heterocycles. The third-order valence-corrected chi connectivity index (χ3v) is 12.1. The van der Waals surface area contributed by atoms with Crippen LogP contribution in [-0.4, -0.2) is 150 Å². The summed E-state index contributed by atoms with van der Waals surface area (Å²) in [5.74, 6) is -3.47. The molecule has 4 aliphatic rings. The number of carboxylic acids is 1. The summed E-state index contributed by atoms with van der Waals surface area (Å²) in [6.07, 6.45) is -8.21. The van der Waals surface area contributed by atoms with Crippen LogP contribution < -0.4 is 82.5 Å². The number of urea groups is 1. The Hall–Kier alpha value is -3.60. The van der Waals surface area contributed by atoms with Crippen LogP contribution in [0.1, 0.15) is 47.2 Å². The molecule has 8 atom stereocenters. The quantitative estimate of drug-likeness (QED) is 0.0194. The summed E-state index contributed by atoms with van der Waals surface area (Å²) in [5.41, 5.74) is -3.51. The summed E-state index contributed by atoms with van der Waals surface area (Å²) in [4.78, 5) is 49.7. The van der Waals surface area contributed by atoms with Crippen molar-refractivity contribution in [3.05, 3.63) is 64.9 Å². The third-order valence-electron chi connectivity index (χ3n) is 10.6. The van der Waals surface area contributed by atoms with Gasteiger partial charge in [-0.2, -0.15) is 24.9 Å². The van der Waals surface area contributed by atoms with Gasteiger partial charge in [0.15, 0.2) is 0 Å². The second kappa shape index (κ2) is 23.9. The van der Waals surface area contributed by atoms with Crippen molar-refractivity contribution in [2.24, 2.45) is 10.2 Å². The van der Waals surface area contributed by atoms with Gasteiger partial charge in [0.2, 0.25) is 18.0 Å². The first-order valence-electron chi connectivity index (χ1n) is 20.3. The number of fused-ring (bicyclic) bond motifs is 1. The van der Waals surface area contributed by atoms with Crippen LogP contribution in [0.4, 0.5) is 18.0 Å². The number of thioether (sulfide) groups is 1. The molecule has 0 spiro atoms. The van der Waals surface area contributed by atoms with Crippen molar-refractivity contribution >= 4 is 41.7 Å². The number of alkyl halides is 3. The first-order chi connectivity index (χ1) is 30.6. The minimum absolute atomic E-state index is 0. The fraction of sp³-hybridized carbons (Fsp3) is 0.550. The number of carbonyl (C=O) groups is 4. The molecule has 2 aromatic carbocycles. The maximum atomic E-state index is 13.9. The second-order valence-corrected chi connectivity index (χ2v) is 16.4. The molecule has 0 bridgehead atoms. The molecule has 3 fully saturated rings. The normalized spacial score (nSPS) is 25.4. The van der Waals surface area contributed by atoms with Crippen molar-refractivity contribution in [2.75, 3.05) is 51.9 Å². The molecule has 6 rings (SSSR count). The molecule has 0 unspecified atom stereocenters. The smallest absolute Gasteiger partial charge is 0.872 e. The van der Waals surface area contributed by atoms with Gasteiger partial charge in [0.1, 0.15) is 36.7 Å². The molecule has 0 radical (unpaired) electrons. The number of carbonyl (C=O) groups excluding carboxylic acids is 3. The molecule has 0 aromatic heterocycles. The molecule has 350 valence electrons. The van der Waals surface area contributed by atoms with E-state index in [1.165, 1.54) is 24.3 Å². The predicted octanol–water partition coefficient (Wildman–Crippen LogP) is -2.12. The Morgan fingerprint density at radius 3 is 2.38 bits per heavy atom. The van der Waals surface area contributed by atoms with Gasteiger partial charge in [0.05, 0.1) is 50.7 Å². The average molecular weight is 965 g/mol. The van der Waals surface area contributed by atoms with Gasteiger partial charge in [-0.05, 0) is 36.6 Å². The van der Waals surface area contributed by atoms with Crippen molar-refractivity contribution in [1.29, 1.82) is 0 Å². The van der Waals surface area contributed by atoms with Gasteiger partial charge in [-0.25, -0.2) is 9.59 Å². The molecule has 0 aliphatic carbocycles. The molecule has 8 N–H and O–H groups in total. The number of hydrogen-bond acceptors (Lipinski definition) is 16. The molecule has 4 aliphatic heterocycles. The maximum Gasteiger partial charge on any atom is 1.00 e. The number of aliphatic carboxylic acids is 1. The summed E-state index contributed by atoms with van der Waals surface area (Å²) in [6.45, 7) is -0.570. The van der Waals surface area contributed by atoms with E-state index in [1.807, 2.05) is 11.8 Å². The Morgan fingerprint density at radius 1 is 1.00 bits per heavy atom. The zero-order chi connectivity index (χ0) is 46.0. The maximum absolute atomic E-state index is 13.9. The molecule has 4 amide bonds. The van der Waals surface area contributed by atoms with Gasteiger partial charge in [0.25, 0.3) is 5.91 Å². The molecule has 25 heteroatoms. The summed E-state index contributed by atoms with van der Waals surface area (Å²) in [7, 11) is 0. The number of nitrogens with one attached hydrogen (secondary N) is 4. The number of amides is 4. The second-order valence-electron chi connectivity index (χ2n) is 15.1. The number of halogens is 3. The van der Waals surface area contributed by atoms with E-state index < -0.39 is 72.3 Å². The summed E-state index contributed by atoms with van der Waals surface area (Å²) in [6, 6.07) is 6.19. The number of aliphatic hydroxyl groups excluding tert-OH is 3. The molecule has 65 heavy (non-hydrogen) atoms. The van der Waals surface area contributed by atoms with E-state index in [0.717, 1.165) is 42.9 Å². The van der Waals surface area contributed by atoms with E-state index in [9.17, 15) is 57.9 Å². The Bertz CT molecular complexity index is 2030. The van der Waals surface area contributed by atoms with E-state index >= 15 is 0 Å². The average Bonchev–Trinajstić information content (AvgIpc) is 3.90. The fourth-order valence-electron chi connectivity index (χ4n) is 7.20. The Morgan fingerprint density at radius 2 is 1.71 bits per heavy atom. The Balaban J connectivity index is 0.00000793. The molecular weight excluding hydrogens is 917 g/mol. The van der Waals surface area contributed by atoms with Crippen molar-refractivity contribution in [3.63, 3.8) is 0 Å². The number of rotatable bonds is 23. The van der Waals surface area contributed by atoms with Crippen LogP contribution in [0, 0.1) is 0 Å². The van der Waals surface area contributed by atoms with E-state index in [2.05, 4.69) is 31.5 Å². The monoisotopic (exact) mass is 964 g/mol. The van der Waals surface area contributed by atoms with Crippen molar-refractivity contribution in [2.45, 2.75) is 85.5 Å². The van der Waals surface area contributed by atoms with Gasteiger partial charge >= 0.3 is 75.2 Å². The number of ether oxygens (including phenoxy) is 5. The minimum Gasteiger partial charge on any atom is -0.872 e. The van der Waals surface area contributed by atoms with Crippen molar-refractivity contribution in [3.8, 4) is 11.5 Å². The summed E-state index contributed by atoms with van der Waals surface area (Å²) >= 11 is 1.82. The van der Waals surface area contributed by atoms with Crippen LogP contribution in [0.3, 0.4) is 0 Å². The van der Waals surface area contributed by atoms with E-state index in [1.54, 1.807) is 0 Å². The molecule has 20 nitrogen and oxygen atoms in total. The van der Waals surface area contributed by atoms with E-state index in [0.29, 0.717) is 18.1 Å². The number of nitrogens with zero attached hydrogens (tertiary/aromatic N) is 2. The van der Waals surface area contributed by atoms with E-state index in [-0.39, 0.29) is 138 Å². The van der Waals surface area contributed by atoms with Gasteiger partial charge in [-0.15, -0.1) is 16.0 Å². The summed E-state index contributed by atoms with van der Waals surface area (Å²) in [5, 5.41) is 70.5. The van der Waals surface area contributed by atoms with Crippen molar-refractivity contribution < 1.29 is 133 Å². The van der Waals surface area contributed by atoms with Crippen LogP contribution >= 0.6 is 11.8 Å². The molecular formula is C40H48F3KN6O14S. The number of unbranched alkanes of at least 4 members (excludes halogenated alkanes) is 1. The zero-order valence-electron chi connectivity index (χ0n) is 35.0. The number of hydrogen-bond donors (Lipinski definition) is 8. The standard InChI is InChI=1S/C40H49F3N6O14S.K/c41-40(42,43)39(48-49-39)22-7-10-24(35(55)46-32-34(54)33(53)28(19-50)63-37(32)62-27(36(56)57)17-21-5-8-23(51)9-6-21)26(18-22)61-16-15-60-14-13-59-12-11-44-30(52)4-2-1-3-29-31-25(20-64-29)45-38(58)47-31;/h5-10,17-18,25,28-29,31-34,37,50-51,53-54H,1-4,11-16,19-20H2,(H,44,52)(H,46,55)(H,56,57)(H2,45,47,58);/q;+1/p-1/b27-17-;/t25-,28+,29-,31-,32+,33-,34+,37+;/m0./s1. The largest absolute Gasteiger partial charge is 1.00 e. The van der Waals surface area contributed by atoms with Gasteiger partial charge in [0, 0.05) is 29.5 Å². The Labute approximate surface area is 416 Å². The van der Waals surface area contributed by atoms with Crippen molar-refractivity contribution in [1.82, 2.24) is 21.3 Å². The Kier molecular flexibility index (Phi) is 19.3.